The number of hydrogen-bond donors (Lipinski definition) is 1. The van der Waals surface area contributed by atoms with E-state index in [9.17, 15) is 9.59 Å². The second-order valence-electron chi connectivity index (χ2n) is 4.89. The summed E-state index contributed by atoms with van der Waals surface area (Å²) in [6, 6.07) is 9.48. The molecule has 4 heteroatoms. The lowest BCUT2D eigenvalue weighted by Crippen LogP contribution is -2.36. The van der Waals surface area contributed by atoms with E-state index in [4.69, 9.17) is 5.11 Å². The monoisotopic (exact) mass is 247 g/mol. The Labute approximate surface area is 106 Å². The molecule has 1 amide bonds. The third-order valence-corrected chi connectivity index (χ3v) is 3.28. The van der Waals surface area contributed by atoms with Crippen LogP contribution in [0.25, 0.3) is 0 Å². The number of carboxylic acids is 1. The standard InChI is InChI=1S/C14H17NO3/c1-10-7-12(10)14(18)15(9-13(16)17)8-11-5-3-2-4-6-11/h2-6,10,12H,7-9H2,1H3,(H,16,17)/t10-,12-/m0/s1. The van der Waals surface area contributed by atoms with Crippen molar-refractivity contribution in [2.45, 2.75) is 19.9 Å². The maximum Gasteiger partial charge on any atom is 0.323 e. The van der Waals surface area contributed by atoms with Crippen LogP contribution in [0.4, 0.5) is 0 Å². The van der Waals surface area contributed by atoms with Crippen molar-refractivity contribution in [1.82, 2.24) is 4.90 Å². The number of nitrogens with zero attached hydrogens (tertiary/aromatic N) is 1. The molecule has 1 N–H and O–H groups in total. The predicted octanol–water partition coefficient (Wildman–Crippen LogP) is 1.76. The Hall–Kier alpha value is -1.84. The normalized spacial score (nSPS) is 21.4. The van der Waals surface area contributed by atoms with Crippen molar-refractivity contribution >= 4 is 11.9 Å². The zero-order valence-electron chi connectivity index (χ0n) is 10.4. The Balaban J connectivity index is 2.05. The van der Waals surface area contributed by atoms with Gasteiger partial charge in [-0.25, -0.2) is 0 Å². The molecule has 1 fully saturated rings. The molecule has 4 nitrogen and oxygen atoms in total. The fourth-order valence-corrected chi connectivity index (χ4v) is 2.08. The van der Waals surface area contributed by atoms with Gasteiger partial charge in [0.1, 0.15) is 6.54 Å². The molecule has 0 aliphatic heterocycles. The average Bonchev–Trinajstić information content (AvgIpc) is 3.05. The van der Waals surface area contributed by atoms with Crippen molar-refractivity contribution in [1.29, 1.82) is 0 Å². The summed E-state index contributed by atoms with van der Waals surface area (Å²) in [5.41, 5.74) is 0.959. The molecule has 0 bridgehead atoms. The Morgan fingerprint density at radius 1 is 1.33 bits per heavy atom. The van der Waals surface area contributed by atoms with Crippen molar-refractivity contribution in [2.24, 2.45) is 11.8 Å². The summed E-state index contributed by atoms with van der Waals surface area (Å²) >= 11 is 0. The number of rotatable bonds is 5. The summed E-state index contributed by atoms with van der Waals surface area (Å²) in [6.45, 7) is 2.16. The smallest absolute Gasteiger partial charge is 0.323 e. The van der Waals surface area contributed by atoms with E-state index in [0.29, 0.717) is 12.5 Å². The molecule has 1 aliphatic rings. The van der Waals surface area contributed by atoms with E-state index in [1.54, 1.807) is 0 Å². The first-order valence-corrected chi connectivity index (χ1v) is 6.12. The highest BCUT2D eigenvalue weighted by Gasteiger charge is 2.41. The van der Waals surface area contributed by atoms with Crippen LogP contribution in [-0.4, -0.2) is 28.4 Å². The summed E-state index contributed by atoms with van der Waals surface area (Å²) in [5, 5.41) is 8.89. The fourth-order valence-electron chi connectivity index (χ4n) is 2.08. The van der Waals surface area contributed by atoms with E-state index in [-0.39, 0.29) is 18.4 Å². The van der Waals surface area contributed by atoms with Gasteiger partial charge in [-0.1, -0.05) is 37.3 Å². The molecule has 0 saturated heterocycles. The Bertz CT molecular complexity index is 444. The fraction of sp³-hybridized carbons (Fsp3) is 0.429. The highest BCUT2D eigenvalue weighted by Crippen LogP contribution is 2.39. The zero-order valence-corrected chi connectivity index (χ0v) is 10.4. The molecular weight excluding hydrogens is 230 g/mol. The molecule has 1 saturated carbocycles. The molecule has 0 spiro atoms. The van der Waals surface area contributed by atoms with Crippen LogP contribution < -0.4 is 0 Å². The van der Waals surface area contributed by atoms with Gasteiger partial charge in [0.15, 0.2) is 0 Å². The third-order valence-electron chi connectivity index (χ3n) is 3.28. The van der Waals surface area contributed by atoms with E-state index in [1.807, 2.05) is 37.3 Å². The number of carbonyl (C=O) groups excluding carboxylic acids is 1. The SMILES string of the molecule is C[C@H]1C[C@@H]1C(=O)N(CC(=O)O)Cc1ccccc1. The summed E-state index contributed by atoms with van der Waals surface area (Å²) in [4.78, 5) is 24.4. The predicted molar refractivity (Wildman–Crippen MR) is 66.8 cm³/mol. The first-order chi connectivity index (χ1) is 8.58. The lowest BCUT2D eigenvalue weighted by atomic mass is 10.2. The lowest BCUT2D eigenvalue weighted by Gasteiger charge is -2.21. The first kappa shape index (κ1) is 12.6. The number of benzene rings is 1. The van der Waals surface area contributed by atoms with Gasteiger partial charge in [0.2, 0.25) is 5.91 Å². The van der Waals surface area contributed by atoms with Crippen molar-refractivity contribution < 1.29 is 14.7 Å². The summed E-state index contributed by atoms with van der Waals surface area (Å²) < 4.78 is 0. The molecule has 1 aromatic carbocycles. The average molecular weight is 247 g/mol. The number of carboxylic acid groups (broad SMARTS) is 1. The van der Waals surface area contributed by atoms with Crippen molar-refractivity contribution in [3.8, 4) is 0 Å². The van der Waals surface area contributed by atoms with Crippen LogP contribution in [0.15, 0.2) is 30.3 Å². The molecule has 0 unspecified atom stereocenters. The topological polar surface area (TPSA) is 57.6 Å². The molecule has 0 heterocycles. The highest BCUT2D eigenvalue weighted by molar-refractivity contribution is 5.85. The highest BCUT2D eigenvalue weighted by atomic mass is 16.4. The van der Waals surface area contributed by atoms with Gasteiger partial charge in [-0.3, -0.25) is 9.59 Å². The van der Waals surface area contributed by atoms with E-state index in [2.05, 4.69) is 0 Å². The van der Waals surface area contributed by atoms with Gasteiger partial charge in [0.25, 0.3) is 0 Å². The summed E-state index contributed by atoms with van der Waals surface area (Å²) in [6.07, 6.45) is 0.879. The van der Waals surface area contributed by atoms with Crippen LogP contribution in [0.2, 0.25) is 0 Å². The van der Waals surface area contributed by atoms with Crippen LogP contribution >= 0.6 is 0 Å². The maximum atomic E-state index is 12.1. The summed E-state index contributed by atoms with van der Waals surface area (Å²) in [5.74, 6) is -0.584. The molecule has 96 valence electrons. The quantitative estimate of drug-likeness (QED) is 0.862. The van der Waals surface area contributed by atoms with Crippen LogP contribution in [0.1, 0.15) is 18.9 Å². The third kappa shape index (κ3) is 3.09. The second kappa shape index (κ2) is 5.21. The van der Waals surface area contributed by atoms with Crippen molar-refractivity contribution in [3.05, 3.63) is 35.9 Å². The first-order valence-electron chi connectivity index (χ1n) is 6.12. The molecule has 0 aromatic heterocycles. The van der Waals surface area contributed by atoms with Crippen LogP contribution in [0, 0.1) is 11.8 Å². The molecule has 1 aromatic rings. The minimum absolute atomic E-state index is 0.0214. The minimum Gasteiger partial charge on any atom is -0.480 e. The zero-order chi connectivity index (χ0) is 13.1. The molecule has 1 aliphatic carbocycles. The number of amides is 1. The largest absolute Gasteiger partial charge is 0.480 e. The van der Waals surface area contributed by atoms with Crippen LogP contribution in [0.5, 0.6) is 0 Å². The van der Waals surface area contributed by atoms with Gasteiger partial charge in [-0.2, -0.15) is 0 Å². The van der Waals surface area contributed by atoms with Crippen molar-refractivity contribution in [2.75, 3.05) is 6.54 Å². The van der Waals surface area contributed by atoms with Crippen molar-refractivity contribution in [3.63, 3.8) is 0 Å². The van der Waals surface area contributed by atoms with Crippen LogP contribution in [0.3, 0.4) is 0 Å². The lowest BCUT2D eigenvalue weighted by molar-refractivity contribution is -0.145. The van der Waals surface area contributed by atoms with E-state index < -0.39 is 5.97 Å². The van der Waals surface area contributed by atoms with Gasteiger partial charge in [-0.05, 0) is 17.9 Å². The second-order valence-corrected chi connectivity index (χ2v) is 4.89. The maximum absolute atomic E-state index is 12.1. The Kier molecular flexibility index (Phi) is 3.65. The number of hydrogen-bond acceptors (Lipinski definition) is 2. The van der Waals surface area contributed by atoms with E-state index >= 15 is 0 Å². The molecule has 2 rings (SSSR count). The number of aliphatic carboxylic acids is 1. The molecule has 0 radical (unpaired) electrons. The molecular formula is C14H17NO3. The number of carbonyl (C=O) groups is 2. The van der Waals surface area contributed by atoms with Gasteiger partial charge < -0.3 is 10.0 Å². The van der Waals surface area contributed by atoms with E-state index in [0.717, 1.165) is 12.0 Å². The Morgan fingerprint density at radius 2 is 1.94 bits per heavy atom. The Morgan fingerprint density at radius 3 is 2.44 bits per heavy atom. The minimum atomic E-state index is -0.965. The van der Waals surface area contributed by atoms with Gasteiger partial charge in [-0.15, -0.1) is 0 Å². The molecule has 2 atom stereocenters. The summed E-state index contributed by atoms with van der Waals surface area (Å²) in [7, 11) is 0. The van der Waals surface area contributed by atoms with E-state index in [1.165, 1.54) is 4.90 Å². The van der Waals surface area contributed by atoms with Gasteiger partial charge in [0, 0.05) is 12.5 Å². The molecule has 18 heavy (non-hydrogen) atoms. The van der Waals surface area contributed by atoms with Crippen LogP contribution in [-0.2, 0) is 16.1 Å². The van der Waals surface area contributed by atoms with Gasteiger partial charge >= 0.3 is 5.97 Å². The van der Waals surface area contributed by atoms with Gasteiger partial charge in [0.05, 0.1) is 0 Å².